The van der Waals surface area contributed by atoms with E-state index in [0.29, 0.717) is 23.6 Å². The van der Waals surface area contributed by atoms with Gasteiger partial charge < -0.3 is 10.0 Å². The number of aliphatic hydroxyl groups excluding tert-OH is 1. The first-order valence-corrected chi connectivity index (χ1v) is 8.72. The maximum absolute atomic E-state index is 13.1. The zero-order chi connectivity index (χ0) is 18.4. The lowest BCUT2D eigenvalue weighted by Crippen LogP contribution is -2.54. The second kappa shape index (κ2) is 6.48. The highest BCUT2D eigenvalue weighted by atomic mass is 35.5. The second-order valence-electron chi connectivity index (χ2n) is 6.59. The monoisotopic (exact) mass is 381 g/mol. The van der Waals surface area contributed by atoms with Crippen molar-refractivity contribution in [2.24, 2.45) is 0 Å². The lowest BCUT2D eigenvalue weighted by Gasteiger charge is -2.38. The molecule has 4 heterocycles. The highest BCUT2D eigenvalue weighted by Gasteiger charge is 2.40. The molecule has 2 aromatic rings. The fourth-order valence-electron chi connectivity index (χ4n) is 3.34. The fraction of sp³-hybridized carbons (Fsp3) is 0.500. The van der Waals surface area contributed by atoms with E-state index in [1.807, 2.05) is 0 Å². The van der Waals surface area contributed by atoms with Gasteiger partial charge in [0.25, 0.3) is 0 Å². The van der Waals surface area contributed by atoms with Crippen LogP contribution in [0, 0.1) is 0 Å². The van der Waals surface area contributed by atoms with Gasteiger partial charge in [-0.15, -0.1) is 0 Å². The van der Waals surface area contributed by atoms with Gasteiger partial charge in [0.1, 0.15) is 18.3 Å². The van der Waals surface area contributed by atoms with Crippen LogP contribution in [0.4, 0.5) is 4.39 Å². The van der Waals surface area contributed by atoms with Crippen LogP contribution in [0.15, 0.2) is 23.1 Å². The molecule has 0 bridgehead atoms. The molecule has 0 aromatic carbocycles. The van der Waals surface area contributed by atoms with Crippen LogP contribution in [0.2, 0.25) is 5.02 Å². The van der Waals surface area contributed by atoms with Gasteiger partial charge in [-0.25, -0.2) is 13.9 Å². The SMILES string of the molecule is O=C([C@@H]1CC[C@H](O)c2nn(Cc3ccc(Cl)cn3)c(=O)n21)N1CC(F)C1. The van der Waals surface area contributed by atoms with Crippen molar-refractivity contribution in [3.8, 4) is 0 Å². The Morgan fingerprint density at radius 2 is 2.12 bits per heavy atom. The Labute approximate surface area is 152 Å². The number of alkyl halides is 1. The molecule has 1 fully saturated rings. The Balaban J connectivity index is 1.65. The summed E-state index contributed by atoms with van der Waals surface area (Å²) in [5.74, 6) is -0.149. The Hall–Kier alpha value is -2.26. The maximum atomic E-state index is 13.1. The Kier molecular flexibility index (Phi) is 4.28. The molecule has 1 saturated heterocycles. The summed E-state index contributed by atoms with van der Waals surface area (Å²) in [7, 11) is 0. The molecule has 2 aliphatic heterocycles. The molecule has 2 atom stereocenters. The third-order valence-electron chi connectivity index (χ3n) is 4.75. The van der Waals surface area contributed by atoms with E-state index in [1.165, 1.54) is 20.3 Å². The van der Waals surface area contributed by atoms with Crippen LogP contribution in [0.3, 0.4) is 0 Å². The highest BCUT2D eigenvalue weighted by Crippen LogP contribution is 2.31. The van der Waals surface area contributed by atoms with Gasteiger partial charge >= 0.3 is 5.69 Å². The molecule has 8 nitrogen and oxygen atoms in total. The molecule has 26 heavy (non-hydrogen) atoms. The van der Waals surface area contributed by atoms with E-state index in [4.69, 9.17) is 11.6 Å². The van der Waals surface area contributed by atoms with Crippen LogP contribution in [0.1, 0.15) is 36.5 Å². The molecule has 0 unspecified atom stereocenters. The number of carbonyl (C=O) groups excluding carboxylic acids is 1. The largest absolute Gasteiger partial charge is 0.385 e. The average molecular weight is 382 g/mol. The lowest BCUT2D eigenvalue weighted by atomic mass is 9.99. The van der Waals surface area contributed by atoms with Crippen LogP contribution < -0.4 is 5.69 Å². The van der Waals surface area contributed by atoms with E-state index < -0.39 is 24.0 Å². The number of hydrogen-bond donors (Lipinski definition) is 1. The van der Waals surface area contributed by atoms with E-state index in [2.05, 4.69) is 10.1 Å². The summed E-state index contributed by atoms with van der Waals surface area (Å²) < 4.78 is 15.5. The van der Waals surface area contributed by atoms with Gasteiger partial charge in [-0.1, -0.05) is 11.6 Å². The quantitative estimate of drug-likeness (QED) is 0.844. The number of halogens is 2. The van der Waals surface area contributed by atoms with E-state index in [-0.39, 0.29) is 31.4 Å². The van der Waals surface area contributed by atoms with Gasteiger partial charge in [0.2, 0.25) is 5.91 Å². The molecule has 0 radical (unpaired) electrons. The first-order valence-electron chi connectivity index (χ1n) is 8.34. The molecule has 10 heteroatoms. The molecule has 1 N–H and O–H groups in total. The second-order valence-corrected chi connectivity index (χ2v) is 7.02. The van der Waals surface area contributed by atoms with Gasteiger partial charge in [0.05, 0.1) is 30.4 Å². The first-order chi connectivity index (χ1) is 12.4. The van der Waals surface area contributed by atoms with E-state index in [0.717, 1.165) is 0 Å². The van der Waals surface area contributed by atoms with Crippen LogP contribution in [-0.4, -0.2) is 54.5 Å². The van der Waals surface area contributed by atoms with E-state index in [9.17, 15) is 19.1 Å². The fourth-order valence-corrected chi connectivity index (χ4v) is 3.45. The van der Waals surface area contributed by atoms with Gasteiger partial charge in [-0.2, -0.15) is 5.10 Å². The molecule has 1 amide bonds. The predicted molar refractivity (Wildman–Crippen MR) is 89.5 cm³/mol. The number of aromatic nitrogens is 4. The van der Waals surface area contributed by atoms with Crippen molar-refractivity contribution in [1.29, 1.82) is 0 Å². The molecule has 0 saturated carbocycles. The number of nitrogens with zero attached hydrogens (tertiary/aromatic N) is 5. The smallest absolute Gasteiger partial charge is 0.347 e. The Morgan fingerprint density at radius 1 is 1.35 bits per heavy atom. The number of carbonyl (C=O) groups is 1. The van der Waals surface area contributed by atoms with Gasteiger partial charge in [-0.3, -0.25) is 14.3 Å². The molecule has 0 spiro atoms. The Bertz CT molecular complexity index is 890. The van der Waals surface area contributed by atoms with Crippen molar-refractivity contribution >= 4 is 17.5 Å². The average Bonchev–Trinajstić information content (AvgIpc) is 2.92. The topological polar surface area (TPSA) is 93.2 Å². The number of fused-ring (bicyclic) bond motifs is 1. The van der Waals surface area contributed by atoms with Gasteiger partial charge in [0.15, 0.2) is 5.82 Å². The van der Waals surface area contributed by atoms with Crippen LogP contribution in [0.5, 0.6) is 0 Å². The summed E-state index contributed by atoms with van der Waals surface area (Å²) >= 11 is 5.81. The zero-order valence-electron chi connectivity index (χ0n) is 13.8. The third-order valence-corrected chi connectivity index (χ3v) is 4.98. The molecule has 4 rings (SSSR count). The van der Waals surface area contributed by atoms with Gasteiger partial charge in [0, 0.05) is 6.20 Å². The number of aliphatic hydroxyl groups is 1. The molecular formula is C16H17ClFN5O3. The lowest BCUT2D eigenvalue weighted by molar-refractivity contribution is -0.143. The minimum atomic E-state index is -1.01. The van der Waals surface area contributed by atoms with Crippen molar-refractivity contribution in [2.75, 3.05) is 13.1 Å². The highest BCUT2D eigenvalue weighted by molar-refractivity contribution is 6.30. The zero-order valence-corrected chi connectivity index (χ0v) is 14.5. The standard InChI is InChI=1S/C16H17ClFN5O3/c17-9-1-2-11(19-5-9)8-22-16(26)23-12(3-4-13(24)14(23)20-22)15(25)21-6-10(18)7-21/h1-2,5,10,12-13,24H,3-4,6-8H2/t12-,13-/m0/s1. The number of likely N-dealkylation sites (tertiary alicyclic amines) is 1. The molecule has 0 aliphatic carbocycles. The van der Waals surface area contributed by atoms with Crippen molar-refractivity contribution in [3.63, 3.8) is 0 Å². The van der Waals surface area contributed by atoms with Gasteiger partial charge in [-0.05, 0) is 25.0 Å². The number of rotatable bonds is 3. The molecule has 138 valence electrons. The minimum absolute atomic E-state index is 0.0464. The molecular weight excluding hydrogens is 365 g/mol. The molecule has 2 aromatic heterocycles. The number of amides is 1. The summed E-state index contributed by atoms with van der Waals surface area (Å²) in [6.45, 7) is 0.190. The van der Waals surface area contributed by atoms with Crippen LogP contribution in [-0.2, 0) is 11.3 Å². The van der Waals surface area contributed by atoms with E-state index >= 15 is 0 Å². The summed E-state index contributed by atoms with van der Waals surface area (Å²) in [4.78, 5) is 30.9. The van der Waals surface area contributed by atoms with Crippen molar-refractivity contribution < 1.29 is 14.3 Å². The van der Waals surface area contributed by atoms with E-state index in [1.54, 1.807) is 12.1 Å². The number of pyridine rings is 1. The van der Waals surface area contributed by atoms with Crippen LogP contribution in [0.25, 0.3) is 0 Å². The summed E-state index contributed by atoms with van der Waals surface area (Å²) in [6, 6.07) is 2.57. The number of hydrogen-bond acceptors (Lipinski definition) is 5. The maximum Gasteiger partial charge on any atom is 0.347 e. The van der Waals surface area contributed by atoms with Crippen molar-refractivity contribution in [1.82, 2.24) is 24.2 Å². The van der Waals surface area contributed by atoms with Crippen molar-refractivity contribution in [2.45, 2.75) is 37.7 Å². The third kappa shape index (κ3) is 2.90. The summed E-state index contributed by atoms with van der Waals surface area (Å²) in [6.07, 6.45) is 0.167. The summed E-state index contributed by atoms with van der Waals surface area (Å²) in [5.41, 5.74) is 0.0819. The van der Waals surface area contributed by atoms with Crippen LogP contribution >= 0.6 is 11.6 Å². The normalized spacial score (nSPS) is 22.8. The predicted octanol–water partition coefficient (Wildman–Crippen LogP) is 0.690. The molecule has 2 aliphatic rings. The summed E-state index contributed by atoms with van der Waals surface area (Å²) in [5, 5.41) is 14.9. The first kappa shape index (κ1) is 17.2. The minimum Gasteiger partial charge on any atom is -0.385 e. The van der Waals surface area contributed by atoms with Crippen molar-refractivity contribution in [3.05, 3.63) is 45.4 Å². The Morgan fingerprint density at radius 3 is 2.77 bits per heavy atom.